The standard InChI is InChI=1S/C26H37N3O3S/c1-5-7-11-24(30)23-13-12-19(3)22(6-2)26(29-14-16-32-17-15-29)28-25(23)27-20-9-8-10-21(18-20)33(4)31/h8-10,13,18-19H,5-7,11-12,14-17H2,1-4H3,(H,27,28)/b23-13?,26-22-. The van der Waals surface area contributed by atoms with E-state index in [0.717, 1.165) is 55.2 Å². The molecule has 2 aliphatic rings. The van der Waals surface area contributed by atoms with Gasteiger partial charge in [-0.05, 0) is 49.0 Å². The third-order valence-corrected chi connectivity index (χ3v) is 7.13. The summed E-state index contributed by atoms with van der Waals surface area (Å²) in [5.41, 5.74) is 2.73. The van der Waals surface area contributed by atoms with E-state index in [2.05, 4.69) is 37.1 Å². The van der Waals surface area contributed by atoms with Crippen molar-refractivity contribution in [2.45, 2.75) is 57.8 Å². The van der Waals surface area contributed by atoms with Crippen LogP contribution in [0.1, 0.15) is 52.9 Å². The molecule has 1 aromatic rings. The average Bonchev–Trinajstić information content (AvgIpc) is 2.82. The van der Waals surface area contributed by atoms with Crippen molar-refractivity contribution in [3.8, 4) is 0 Å². The van der Waals surface area contributed by atoms with E-state index in [0.29, 0.717) is 37.0 Å². The number of Topliss-reactive ketones (excluding diaryl/α,β-unsaturated/α-hetero) is 1. The summed E-state index contributed by atoms with van der Waals surface area (Å²) >= 11 is 0. The first kappa shape index (κ1) is 25.4. The number of benzene rings is 1. The molecule has 33 heavy (non-hydrogen) atoms. The molecule has 0 bridgehead atoms. The molecule has 0 saturated carbocycles. The lowest BCUT2D eigenvalue weighted by Crippen LogP contribution is -2.37. The summed E-state index contributed by atoms with van der Waals surface area (Å²) in [5, 5.41) is 3.41. The molecule has 6 nitrogen and oxygen atoms in total. The number of aliphatic imine (C=N–C) groups is 1. The maximum absolute atomic E-state index is 13.3. The summed E-state index contributed by atoms with van der Waals surface area (Å²) in [7, 11) is -1.09. The molecule has 3 rings (SSSR count). The van der Waals surface area contributed by atoms with Gasteiger partial charge in [0, 0.05) is 47.1 Å². The van der Waals surface area contributed by atoms with E-state index in [1.165, 1.54) is 5.57 Å². The van der Waals surface area contributed by atoms with Gasteiger partial charge >= 0.3 is 0 Å². The van der Waals surface area contributed by atoms with Gasteiger partial charge in [-0.2, -0.15) is 0 Å². The van der Waals surface area contributed by atoms with Crippen LogP contribution in [-0.4, -0.2) is 53.3 Å². The number of amidine groups is 1. The van der Waals surface area contributed by atoms with Gasteiger partial charge in [0.15, 0.2) is 5.78 Å². The second-order valence-electron chi connectivity index (χ2n) is 8.65. The SMILES string of the molecule is CCCCC(=O)C1=CCC(C)/C(CC)=C(\N2CCOCC2)N=C1Nc1cccc(S(C)=O)c1. The van der Waals surface area contributed by atoms with E-state index in [9.17, 15) is 9.00 Å². The van der Waals surface area contributed by atoms with Crippen molar-refractivity contribution in [1.29, 1.82) is 0 Å². The molecular formula is C26H37N3O3S. The zero-order valence-corrected chi connectivity index (χ0v) is 21.2. The number of hydrogen-bond donors (Lipinski definition) is 1. The van der Waals surface area contributed by atoms with Crippen molar-refractivity contribution < 1.29 is 13.7 Å². The van der Waals surface area contributed by atoms with E-state index in [4.69, 9.17) is 9.73 Å². The van der Waals surface area contributed by atoms with Crippen LogP contribution in [0.4, 0.5) is 5.69 Å². The average molecular weight is 472 g/mol. The zero-order chi connectivity index (χ0) is 23.8. The number of nitrogens with one attached hydrogen (secondary N) is 1. The minimum absolute atomic E-state index is 0.117. The Morgan fingerprint density at radius 2 is 2.03 bits per heavy atom. The molecule has 0 spiro atoms. The van der Waals surface area contributed by atoms with Crippen molar-refractivity contribution in [2.75, 3.05) is 37.9 Å². The Bertz CT molecular complexity index is 961. The third-order valence-electron chi connectivity index (χ3n) is 6.21. The maximum atomic E-state index is 13.3. The van der Waals surface area contributed by atoms with Crippen LogP contribution in [0, 0.1) is 5.92 Å². The smallest absolute Gasteiger partial charge is 0.166 e. The predicted octanol–water partition coefficient (Wildman–Crippen LogP) is 4.91. The summed E-state index contributed by atoms with van der Waals surface area (Å²) in [5.74, 6) is 1.96. The molecule has 1 aromatic carbocycles. The van der Waals surface area contributed by atoms with Crippen LogP contribution < -0.4 is 5.32 Å². The number of carbonyl (C=O) groups excluding carboxylic acids is 1. The Morgan fingerprint density at radius 1 is 1.27 bits per heavy atom. The lowest BCUT2D eigenvalue weighted by atomic mass is 9.91. The summed E-state index contributed by atoms with van der Waals surface area (Å²) in [6.45, 7) is 9.42. The van der Waals surface area contributed by atoms with Crippen LogP contribution in [0.3, 0.4) is 0 Å². The largest absolute Gasteiger partial charge is 0.378 e. The molecule has 2 heterocycles. The minimum atomic E-state index is -1.09. The van der Waals surface area contributed by atoms with Gasteiger partial charge < -0.3 is 15.0 Å². The van der Waals surface area contributed by atoms with Crippen LogP contribution in [0.5, 0.6) is 0 Å². The van der Waals surface area contributed by atoms with Crippen LogP contribution in [-0.2, 0) is 20.3 Å². The highest BCUT2D eigenvalue weighted by Gasteiger charge is 2.25. The molecule has 1 saturated heterocycles. The lowest BCUT2D eigenvalue weighted by Gasteiger charge is -2.33. The van der Waals surface area contributed by atoms with Crippen LogP contribution >= 0.6 is 0 Å². The van der Waals surface area contributed by atoms with Crippen molar-refractivity contribution in [2.24, 2.45) is 10.9 Å². The molecule has 0 aromatic heterocycles. The number of ether oxygens (including phenoxy) is 1. The summed E-state index contributed by atoms with van der Waals surface area (Å²) < 4.78 is 17.6. The number of ketones is 1. The molecule has 180 valence electrons. The van der Waals surface area contributed by atoms with E-state index >= 15 is 0 Å². The first-order valence-electron chi connectivity index (χ1n) is 12.0. The quantitative estimate of drug-likeness (QED) is 0.583. The number of nitrogens with zero attached hydrogens (tertiary/aromatic N) is 2. The zero-order valence-electron chi connectivity index (χ0n) is 20.4. The molecule has 2 atom stereocenters. The normalized spacial score (nSPS) is 22.7. The number of allylic oxidation sites excluding steroid dienone is 2. The fraction of sp³-hybridized carbons (Fsp3) is 0.538. The molecule has 2 aliphatic heterocycles. The predicted molar refractivity (Wildman–Crippen MR) is 136 cm³/mol. The van der Waals surface area contributed by atoms with Crippen LogP contribution in [0.2, 0.25) is 0 Å². The highest BCUT2D eigenvalue weighted by atomic mass is 32.2. The van der Waals surface area contributed by atoms with Gasteiger partial charge in [-0.1, -0.05) is 39.3 Å². The van der Waals surface area contributed by atoms with Crippen molar-refractivity contribution in [1.82, 2.24) is 4.90 Å². The lowest BCUT2D eigenvalue weighted by molar-refractivity contribution is -0.115. The number of anilines is 1. The first-order chi connectivity index (χ1) is 15.9. The van der Waals surface area contributed by atoms with E-state index < -0.39 is 10.8 Å². The van der Waals surface area contributed by atoms with E-state index in [-0.39, 0.29) is 5.78 Å². The van der Waals surface area contributed by atoms with Gasteiger partial charge in [-0.15, -0.1) is 0 Å². The van der Waals surface area contributed by atoms with Crippen LogP contribution in [0.25, 0.3) is 0 Å². The Kier molecular flexibility index (Phi) is 9.44. The molecule has 0 amide bonds. The highest BCUT2D eigenvalue weighted by Crippen LogP contribution is 2.30. The number of unbranched alkanes of at least 4 members (excludes halogenated alkanes) is 1. The van der Waals surface area contributed by atoms with E-state index in [1.54, 1.807) is 6.26 Å². The maximum Gasteiger partial charge on any atom is 0.166 e. The van der Waals surface area contributed by atoms with Crippen molar-refractivity contribution in [3.63, 3.8) is 0 Å². The number of rotatable bonds is 8. The van der Waals surface area contributed by atoms with Crippen molar-refractivity contribution in [3.05, 3.63) is 47.3 Å². The number of hydrogen-bond acceptors (Lipinski definition) is 6. The Labute approximate surface area is 200 Å². The fourth-order valence-electron chi connectivity index (χ4n) is 4.25. The Balaban J connectivity index is 2.09. The molecule has 1 N–H and O–H groups in total. The second kappa shape index (κ2) is 12.3. The number of carbonyl (C=O) groups is 1. The molecule has 1 fully saturated rings. The fourth-order valence-corrected chi connectivity index (χ4v) is 4.81. The molecular weight excluding hydrogens is 434 g/mol. The topological polar surface area (TPSA) is 71.0 Å². The first-order valence-corrected chi connectivity index (χ1v) is 13.6. The van der Waals surface area contributed by atoms with Gasteiger partial charge in [0.25, 0.3) is 0 Å². The van der Waals surface area contributed by atoms with Gasteiger partial charge in [0.05, 0.1) is 18.8 Å². The summed E-state index contributed by atoms with van der Waals surface area (Å²) in [6, 6.07) is 7.52. The van der Waals surface area contributed by atoms with Gasteiger partial charge in [-0.25, -0.2) is 4.99 Å². The van der Waals surface area contributed by atoms with E-state index in [1.807, 2.05) is 24.3 Å². The third kappa shape index (κ3) is 6.64. The Hall–Kier alpha value is -2.25. The molecule has 0 aliphatic carbocycles. The highest BCUT2D eigenvalue weighted by molar-refractivity contribution is 7.84. The minimum Gasteiger partial charge on any atom is -0.378 e. The molecule has 7 heteroatoms. The molecule has 2 unspecified atom stereocenters. The van der Waals surface area contributed by atoms with Gasteiger partial charge in [-0.3, -0.25) is 9.00 Å². The van der Waals surface area contributed by atoms with Crippen molar-refractivity contribution >= 4 is 28.1 Å². The summed E-state index contributed by atoms with van der Waals surface area (Å²) in [4.78, 5) is 21.4. The van der Waals surface area contributed by atoms with Gasteiger partial charge in [0.1, 0.15) is 11.7 Å². The number of morpholine rings is 1. The Morgan fingerprint density at radius 3 is 2.70 bits per heavy atom. The monoisotopic (exact) mass is 471 g/mol. The summed E-state index contributed by atoms with van der Waals surface area (Å²) in [6.07, 6.45) is 7.76. The molecule has 0 radical (unpaired) electrons. The van der Waals surface area contributed by atoms with Crippen LogP contribution in [0.15, 0.2) is 57.2 Å². The van der Waals surface area contributed by atoms with Gasteiger partial charge in [0.2, 0.25) is 0 Å². The second-order valence-corrected chi connectivity index (χ2v) is 10.0.